The van der Waals surface area contributed by atoms with Crippen molar-refractivity contribution in [1.29, 1.82) is 0 Å². The number of benzene rings is 1. The summed E-state index contributed by atoms with van der Waals surface area (Å²) in [4.78, 5) is 16.9. The van der Waals surface area contributed by atoms with Crippen molar-refractivity contribution in [1.82, 2.24) is 20.1 Å². The van der Waals surface area contributed by atoms with Gasteiger partial charge in [-0.2, -0.15) is 5.10 Å². The van der Waals surface area contributed by atoms with E-state index in [1.165, 1.54) is 17.4 Å². The van der Waals surface area contributed by atoms with Crippen molar-refractivity contribution >= 4 is 17.2 Å². The van der Waals surface area contributed by atoms with Gasteiger partial charge in [0, 0.05) is 38.3 Å². The van der Waals surface area contributed by atoms with Gasteiger partial charge in [-0.25, -0.2) is 9.37 Å². The Morgan fingerprint density at radius 2 is 2.17 bits per heavy atom. The number of rotatable bonds is 6. The number of aryl methyl sites for hydroxylation is 1. The zero-order valence-electron chi connectivity index (χ0n) is 13.2. The Morgan fingerprint density at radius 3 is 2.92 bits per heavy atom. The van der Waals surface area contributed by atoms with Crippen LogP contribution in [-0.2, 0) is 19.9 Å². The smallest absolute Gasteiger partial charge is 0.263 e. The highest BCUT2D eigenvalue weighted by molar-refractivity contribution is 7.13. The van der Waals surface area contributed by atoms with Gasteiger partial charge in [-0.05, 0) is 17.7 Å². The van der Waals surface area contributed by atoms with Gasteiger partial charge in [0.25, 0.3) is 5.91 Å². The molecule has 0 atom stereocenters. The second-order valence-corrected chi connectivity index (χ2v) is 6.45. The first-order chi connectivity index (χ1) is 11.6. The van der Waals surface area contributed by atoms with Crippen LogP contribution in [0.15, 0.2) is 42.7 Å². The van der Waals surface area contributed by atoms with Crippen molar-refractivity contribution < 1.29 is 9.18 Å². The van der Waals surface area contributed by atoms with E-state index in [1.807, 2.05) is 13.1 Å². The van der Waals surface area contributed by atoms with Crippen LogP contribution in [0.2, 0.25) is 0 Å². The summed E-state index contributed by atoms with van der Waals surface area (Å²) in [7, 11) is 1.87. The molecule has 0 saturated carbocycles. The van der Waals surface area contributed by atoms with Gasteiger partial charge in [-0.15, -0.1) is 11.3 Å². The monoisotopic (exact) mass is 344 g/mol. The zero-order chi connectivity index (χ0) is 16.9. The predicted molar refractivity (Wildman–Crippen MR) is 90.6 cm³/mol. The Morgan fingerprint density at radius 1 is 1.33 bits per heavy atom. The summed E-state index contributed by atoms with van der Waals surface area (Å²) >= 11 is 1.29. The lowest BCUT2D eigenvalue weighted by atomic mass is 10.1. The van der Waals surface area contributed by atoms with E-state index in [1.54, 1.807) is 35.3 Å². The molecule has 0 aliphatic rings. The van der Waals surface area contributed by atoms with Crippen molar-refractivity contribution in [2.24, 2.45) is 7.05 Å². The quantitative estimate of drug-likeness (QED) is 0.748. The van der Waals surface area contributed by atoms with E-state index in [0.717, 1.165) is 10.7 Å². The number of hydrogen-bond acceptors (Lipinski definition) is 4. The Kier molecular flexibility index (Phi) is 5.00. The van der Waals surface area contributed by atoms with E-state index in [4.69, 9.17) is 0 Å². The Balaban J connectivity index is 1.56. The molecule has 2 heterocycles. The molecule has 7 heteroatoms. The molecule has 0 aliphatic heterocycles. The van der Waals surface area contributed by atoms with Crippen LogP contribution in [0.4, 0.5) is 4.39 Å². The van der Waals surface area contributed by atoms with E-state index >= 15 is 0 Å². The molecule has 0 fully saturated rings. The molecule has 124 valence electrons. The largest absolute Gasteiger partial charge is 0.351 e. The number of halogens is 1. The molecule has 0 bridgehead atoms. The Labute approximate surface area is 143 Å². The lowest BCUT2D eigenvalue weighted by Gasteiger charge is -2.03. The third-order valence-corrected chi connectivity index (χ3v) is 4.66. The first kappa shape index (κ1) is 16.3. The minimum atomic E-state index is -0.255. The van der Waals surface area contributed by atoms with Crippen molar-refractivity contribution in [3.8, 4) is 0 Å². The minimum Gasteiger partial charge on any atom is -0.351 e. The van der Waals surface area contributed by atoms with Crippen LogP contribution < -0.4 is 5.32 Å². The third kappa shape index (κ3) is 3.86. The van der Waals surface area contributed by atoms with Crippen molar-refractivity contribution in [3.63, 3.8) is 0 Å². The van der Waals surface area contributed by atoms with Gasteiger partial charge in [-0.3, -0.25) is 9.48 Å². The van der Waals surface area contributed by atoms with Gasteiger partial charge in [-0.1, -0.05) is 18.2 Å². The molecule has 2 aromatic heterocycles. The van der Waals surface area contributed by atoms with E-state index in [-0.39, 0.29) is 11.7 Å². The molecule has 1 aromatic carbocycles. The van der Waals surface area contributed by atoms with Crippen LogP contribution >= 0.6 is 11.3 Å². The summed E-state index contributed by atoms with van der Waals surface area (Å²) < 4.78 is 15.4. The fraction of sp³-hybridized carbons (Fsp3) is 0.235. The van der Waals surface area contributed by atoms with Crippen LogP contribution in [0.3, 0.4) is 0 Å². The summed E-state index contributed by atoms with van der Waals surface area (Å²) in [5.74, 6) is -0.413. The van der Waals surface area contributed by atoms with E-state index in [2.05, 4.69) is 15.4 Å². The zero-order valence-corrected chi connectivity index (χ0v) is 14.0. The van der Waals surface area contributed by atoms with E-state index in [9.17, 15) is 9.18 Å². The third-order valence-electron chi connectivity index (χ3n) is 3.67. The molecule has 24 heavy (non-hydrogen) atoms. The van der Waals surface area contributed by atoms with Crippen molar-refractivity contribution in [2.75, 3.05) is 6.54 Å². The number of carbonyl (C=O) groups excluding carboxylic acids is 1. The highest BCUT2D eigenvalue weighted by Gasteiger charge is 2.12. The summed E-state index contributed by atoms with van der Waals surface area (Å²) in [6.45, 7) is 0.527. The second kappa shape index (κ2) is 7.35. The van der Waals surface area contributed by atoms with Gasteiger partial charge in [0.05, 0.1) is 11.2 Å². The second-order valence-electron chi connectivity index (χ2n) is 5.34. The molecule has 0 spiro atoms. The molecular formula is C17H17FN4OS. The Bertz CT molecular complexity index is 842. The maximum atomic E-state index is 13.7. The molecule has 0 unspecified atom stereocenters. The van der Waals surface area contributed by atoms with Gasteiger partial charge in [0.1, 0.15) is 10.7 Å². The number of aromatic nitrogens is 3. The average molecular weight is 344 g/mol. The molecule has 0 radical (unpaired) electrons. The van der Waals surface area contributed by atoms with Crippen LogP contribution in [0.5, 0.6) is 0 Å². The molecule has 3 aromatic rings. The maximum Gasteiger partial charge on any atom is 0.263 e. The number of amides is 1. The molecular weight excluding hydrogens is 327 g/mol. The number of carbonyl (C=O) groups is 1. The van der Waals surface area contributed by atoms with Gasteiger partial charge in [0.15, 0.2) is 0 Å². The number of nitrogens with zero attached hydrogens (tertiary/aromatic N) is 3. The number of nitrogens with one attached hydrogen (secondary N) is 1. The Hall–Kier alpha value is -2.54. The summed E-state index contributed by atoms with van der Waals surface area (Å²) in [5, 5.41) is 7.68. The minimum absolute atomic E-state index is 0.158. The first-order valence-electron chi connectivity index (χ1n) is 7.56. The molecule has 5 nitrogen and oxygen atoms in total. The molecule has 1 amide bonds. The predicted octanol–water partition coefficient (Wildman–Crippen LogP) is 2.58. The highest BCUT2D eigenvalue weighted by Crippen LogP contribution is 2.18. The van der Waals surface area contributed by atoms with Gasteiger partial charge < -0.3 is 5.32 Å². The topological polar surface area (TPSA) is 59.8 Å². The van der Waals surface area contributed by atoms with Crippen LogP contribution in [0, 0.1) is 5.82 Å². The van der Waals surface area contributed by atoms with Gasteiger partial charge in [0.2, 0.25) is 0 Å². The molecule has 0 aliphatic carbocycles. The van der Waals surface area contributed by atoms with Crippen LogP contribution in [-0.4, -0.2) is 27.2 Å². The van der Waals surface area contributed by atoms with E-state index < -0.39 is 0 Å². The summed E-state index contributed by atoms with van der Waals surface area (Å²) in [6, 6.07) is 8.52. The summed E-state index contributed by atoms with van der Waals surface area (Å²) in [5.41, 5.74) is 1.63. The lowest BCUT2D eigenvalue weighted by Crippen LogP contribution is -2.25. The normalized spacial score (nSPS) is 10.8. The fourth-order valence-electron chi connectivity index (χ4n) is 2.34. The molecule has 0 saturated heterocycles. The van der Waals surface area contributed by atoms with Crippen molar-refractivity contribution in [3.05, 3.63) is 69.7 Å². The molecule has 3 rings (SSSR count). The number of hydrogen-bond donors (Lipinski definition) is 1. The molecule has 1 N–H and O–H groups in total. The van der Waals surface area contributed by atoms with Gasteiger partial charge >= 0.3 is 0 Å². The first-order valence-corrected chi connectivity index (χ1v) is 8.38. The summed E-state index contributed by atoms with van der Waals surface area (Å²) in [6.07, 6.45) is 4.37. The van der Waals surface area contributed by atoms with Crippen LogP contribution in [0.25, 0.3) is 0 Å². The maximum absolute atomic E-state index is 13.7. The highest BCUT2D eigenvalue weighted by atomic mass is 32.1. The van der Waals surface area contributed by atoms with E-state index in [0.29, 0.717) is 29.8 Å². The average Bonchev–Trinajstić information content (AvgIpc) is 3.19. The number of thiazole rings is 1. The van der Waals surface area contributed by atoms with Crippen molar-refractivity contribution in [2.45, 2.75) is 12.8 Å². The lowest BCUT2D eigenvalue weighted by molar-refractivity contribution is 0.0958. The SMILES string of the molecule is Cn1nccc1CCNC(=O)c1cnc(Cc2ccccc2F)s1. The van der Waals surface area contributed by atoms with Crippen LogP contribution in [0.1, 0.15) is 25.9 Å². The fourth-order valence-corrected chi connectivity index (χ4v) is 3.20. The standard InChI is InChI=1S/C17H17FN4OS/c1-22-13(7-9-21-22)6-8-19-17(23)15-11-20-16(24-15)10-12-4-2-3-5-14(12)18/h2-5,7,9,11H,6,8,10H2,1H3,(H,19,23).